The molecule has 0 saturated heterocycles. The molecule has 38 heavy (non-hydrogen) atoms. The molecule has 1 aromatic carbocycles. The zero-order valence-corrected chi connectivity index (χ0v) is 24.8. The summed E-state index contributed by atoms with van der Waals surface area (Å²) < 4.78 is 0. The number of aryl methyl sites for hydroxylation is 1. The number of phenolic OH excluding ortho intramolecular Hbond substituents is 1. The molecule has 0 amide bonds. The van der Waals surface area contributed by atoms with E-state index in [0.29, 0.717) is 17.8 Å². The molecule has 202 valence electrons. The van der Waals surface area contributed by atoms with E-state index in [4.69, 9.17) is 0 Å². The number of rotatable bonds is 13. The van der Waals surface area contributed by atoms with E-state index in [9.17, 15) is 5.11 Å². The number of nitrogens with one attached hydrogen (secondary N) is 2. The van der Waals surface area contributed by atoms with Crippen molar-refractivity contribution in [2.24, 2.45) is 0 Å². The van der Waals surface area contributed by atoms with E-state index in [-0.39, 0.29) is 0 Å². The molecule has 0 spiro atoms. The van der Waals surface area contributed by atoms with Crippen molar-refractivity contribution in [2.45, 2.75) is 89.9 Å². The Morgan fingerprint density at radius 1 is 0.658 bits per heavy atom. The monoisotopic (exact) mass is 564 g/mol. The molecule has 1 aliphatic rings. The number of hydrogen-bond donors (Lipinski definition) is 3. The lowest BCUT2D eigenvalue weighted by molar-refractivity contribution is 0.282. The highest BCUT2D eigenvalue weighted by molar-refractivity contribution is 7.22. The lowest BCUT2D eigenvalue weighted by Crippen LogP contribution is -2.49. The van der Waals surface area contributed by atoms with E-state index in [1.165, 1.54) is 87.1 Å². The summed E-state index contributed by atoms with van der Waals surface area (Å²) in [7, 11) is 0. The lowest BCUT2D eigenvalue weighted by Gasteiger charge is -2.33. The van der Waals surface area contributed by atoms with E-state index in [0.717, 1.165) is 18.7 Å². The van der Waals surface area contributed by atoms with Crippen molar-refractivity contribution in [3.63, 3.8) is 0 Å². The maximum absolute atomic E-state index is 9.56. The van der Waals surface area contributed by atoms with Crippen LogP contribution in [0, 0.1) is 0 Å². The summed E-state index contributed by atoms with van der Waals surface area (Å²) in [4.78, 5) is 8.41. The topological polar surface area (TPSA) is 44.3 Å². The van der Waals surface area contributed by atoms with Crippen LogP contribution in [0.1, 0.15) is 72.9 Å². The molecule has 4 aromatic rings. The Labute approximate surface area is 240 Å². The van der Waals surface area contributed by atoms with Gasteiger partial charge < -0.3 is 15.7 Å². The second kappa shape index (κ2) is 13.9. The van der Waals surface area contributed by atoms with Gasteiger partial charge in [-0.3, -0.25) is 0 Å². The Hall–Kier alpha value is -1.96. The molecule has 5 rings (SSSR count). The molecule has 0 bridgehead atoms. The van der Waals surface area contributed by atoms with E-state index in [1.54, 1.807) is 12.1 Å². The van der Waals surface area contributed by atoms with E-state index in [2.05, 4.69) is 54.0 Å². The quantitative estimate of drug-likeness (QED) is 0.142. The Kier molecular flexibility index (Phi) is 10.1. The Bertz CT molecular complexity index is 1260. The van der Waals surface area contributed by atoms with Crippen LogP contribution in [0.4, 0.5) is 0 Å². The summed E-state index contributed by atoms with van der Waals surface area (Å²) in [6.07, 6.45) is 11.6. The predicted octanol–water partition coefficient (Wildman–Crippen LogP) is 9.22. The SMILES string of the molecule is CCCCCCc1ccc(-c2ccc(CN[C@@H]3CCCC[C@H]3NCc3ccc(-c4ccc(O)cc4)s3)s2)s1. The van der Waals surface area contributed by atoms with Crippen molar-refractivity contribution in [3.05, 3.63) is 75.3 Å². The van der Waals surface area contributed by atoms with Crippen LogP contribution in [0.2, 0.25) is 0 Å². The van der Waals surface area contributed by atoms with Crippen molar-refractivity contribution in [1.29, 1.82) is 0 Å². The van der Waals surface area contributed by atoms with Crippen LogP contribution in [0.25, 0.3) is 20.2 Å². The van der Waals surface area contributed by atoms with Gasteiger partial charge in [-0.25, -0.2) is 0 Å². The van der Waals surface area contributed by atoms with E-state index >= 15 is 0 Å². The average molecular weight is 565 g/mol. The fourth-order valence-corrected chi connectivity index (χ4v) is 8.38. The molecule has 3 heterocycles. The van der Waals surface area contributed by atoms with Crippen molar-refractivity contribution in [2.75, 3.05) is 0 Å². The number of thiophene rings is 3. The molecule has 2 atom stereocenters. The summed E-state index contributed by atoms with van der Waals surface area (Å²) in [5.41, 5.74) is 1.16. The number of hydrogen-bond acceptors (Lipinski definition) is 6. The third kappa shape index (κ3) is 7.57. The first kappa shape index (κ1) is 27.6. The van der Waals surface area contributed by atoms with Gasteiger partial charge in [-0.05, 0) is 91.9 Å². The molecule has 0 unspecified atom stereocenters. The largest absolute Gasteiger partial charge is 0.508 e. The summed E-state index contributed by atoms with van der Waals surface area (Å²) >= 11 is 5.76. The normalized spacial score (nSPS) is 17.7. The average Bonchev–Trinajstić information content (AvgIpc) is 3.71. The highest BCUT2D eigenvalue weighted by atomic mass is 32.1. The number of benzene rings is 1. The van der Waals surface area contributed by atoms with Gasteiger partial charge in [0.05, 0.1) is 0 Å². The minimum absolute atomic E-state index is 0.315. The van der Waals surface area contributed by atoms with Crippen LogP contribution in [-0.4, -0.2) is 17.2 Å². The molecular weight excluding hydrogens is 525 g/mol. The van der Waals surface area contributed by atoms with Crippen molar-refractivity contribution in [1.82, 2.24) is 10.6 Å². The molecule has 1 fully saturated rings. The summed E-state index contributed by atoms with van der Waals surface area (Å²) in [5, 5.41) is 17.3. The van der Waals surface area contributed by atoms with Crippen LogP contribution >= 0.6 is 34.0 Å². The third-order valence-electron chi connectivity index (χ3n) is 7.50. The smallest absolute Gasteiger partial charge is 0.115 e. The lowest BCUT2D eigenvalue weighted by atomic mass is 9.90. The fraction of sp³-hybridized carbons (Fsp3) is 0.438. The molecule has 0 radical (unpaired) electrons. The zero-order chi connectivity index (χ0) is 26.2. The van der Waals surface area contributed by atoms with Crippen molar-refractivity contribution >= 4 is 34.0 Å². The Morgan fingerprint density at radius 3 is 1.84 bits per heavy atom. The first-order chi connectivity index (χ1) is 18.7. The highest BCUT2D eigenvalue weighted by Crippen LogP contribution is 2.35. The minimum Gasteiger partial charge on any atom is -0.508 e. The fourth-order valence-electron chi connectivity index (χ4n) is 5.31. The summed E-state index contributed by atoms with van der Waals surface area (Å²) in [6.45, 7) is 4.14. The molecule has 3 N–H and O–H groups in total. The second-order valence-electron chi connectivity index (χ2n) is 10.4. The molecule has 3 nitrogen and oxygen atoms in total. The van der Waals surface area contributed by atoms with Gasteiger partial charge in [-0.1, -0.05) is 39.0 Å². The van der Waals surface area contributed by atoms with Crippen LogP contribution in [0.5, 0.6) is 5.75 Å². The minimum atomic E-state index is 0.315. The van der Waals surface area contributed by atoms with Gasteiger partial charge in [-0.2, -0.15) is 0 Å². The highest BCUT2D eigenvalue weighted by Gasteiger charge is 2.24. The van der Waals surface area contributed by atoms with Crippen molar-refractivity contribution < 1.29 is 5.11 Å². The number of unbranched alkanes of at least 4 members (excludes halogenated alkanes) is 3. The molecular formula is C32H40N2OS3. The zero-order valence-electron chi connectivity index (χ0n) is 22.4. The van der Waals surface area contributed by atoms with Gasteiger partial charge in [0, 0.05) is 54.4 Å². The van der Waals surface area contributed by atoms with E-state index < -0.39 is 0 Å². The summed E-state index contributed by atoms with van der Waals surface area (Å²) in [5.74, 6) is 0.315. The Morgan fingerprint density at radius 2 is 1.21 bits per heavy atom. The molecule has 1 saturated carbocycles. The third-order valence-corrected chi connectivity index (χ3v) is 11.1. The molecule has 0 aliphatic heterocycles. The van der Waals surface area contributed by atoms with Gasteiger partial charge >= 0.3 is 0 Å². The van der Waals surface area contributed by atoms with Crippen LogP contribution in [-0.2, 0) is 19.5 Å². The standard InChI is InChI=1S/C32H40N2OS3/c1-2-3-4-5-8-25-15-19-31(36-25)32-20-17-27(38-32)22-34-29-10-7-6-9-28(29)33-21-26-16-18-30(37-26)23-11-13-24(35)14-12-23/h11-20,28-29,33-35H,2-10,21-22H2,1H3/t28-,29-/m1/s1. The summed E-state index contributed by atoms with van der Waals surface area (Å²) in [6, 6.07) is 22.2. The van der Waals surface area contributed by atoms with Crippen molar-refractivity contribution in [3.8, 4) is 25.9 Å². The van der Waals surface area contributed by atoms with Gasteiger partial charge in [0.1, 0.15) is 5.75 Å². The molecule has 1 aliphatic carbocycles. The maximum atomic E-state index is 9.56. The molecule has 6 heteroatoms. The van der Waals surface area contributed by atoms with Crippen LogP contribution in [0.3, 0.4) is 0 Å². The first-order valence-electron chi connectivity index (χ1n) is 14.2. The second-order valence-corrected chi connectivity index (χ2v) is 13.9. The van der Waals surface area contributed by atoms with E-state index in [1.807, 2.05) is 46.1 Å². The van der Waals surface area contributed by atoms with Crippen LogP contribution < -0.4 is 10.6 Å². The molecule has 3 aromatic heterocycles. The van der Waals surface area contributed by atoms with Crippen LogP contribution in [0.15, 0.2) is 60.7 Å². The van der Waals surface area contributed by atoms with Gasteiger partial charge in [0.2, 0.25) is 0 Å². The van der Waals surface area contributed by atoms with Gasteiger partial charge in [-0.15, -0.1) is 34.0 Å². The van der Waals surface area contributed by atoms with Gasteiger partial charge in [0.15, 0.2) is 0 Å². The van der Waals surface area contributed by atoms with Gasteiger partial charge in [0.25, 0.3) is 0 Å². The Balaban J connectivity index is 1.11. The number of aromatic hydroxyl groups is 1. The predicted molar refractivity (Wildman–Crippen MR) is 167 cm³/mol. The maximum Gasteiger partial charge on any atom is 0.115 e. The number of phenols is 1. The first-order valence-corrected chi connectivity index (χ1v) is 16.7.